The number of methoxy groups -OCH3 is 2. The number of rotatable bonds is 6. The number of hydrogen-bond acceptors (Lipinski definition) is 6. The molecule has 206 valence electrons. The molecule has 0 spiro atoms. The first-order valence-electron chi connectivity index (χ1n) is 11.8. The van der Waals surface area contributed by atoms with Crippen LogP contribution in [0.1, 0.15) is 33.4 Å². The molecule has 0 atom stereocenters. The fraction of sp³-hybridized carbons (Fsp3) is 0.125. The normalized spacial score (nSPS) is 11.6. The summed E-state index contributed by atoms with van der Waals surface area (Å²) < 4.78 is 10.3. The van der Waals surface area contributed by atoms with Crippen molar-refractivity contribution >= 4 is 70.1 Å². The van der Waals surface area contributed by atoms with Crippen LogP contribution in [0.5, 0.6) is 11.5 Å². The molecule has 0 aliphatic carbocycles. The Morgan fingerprint density at radius 1 is 0.410 bits per heavy atom. The average Bonchev–Trinajstić information content (AvgIpc) is 2.97. The van der Waals surface area contributed by atoms with Gasteiger partial charge in [-0.25, -0.2) is 0 Å². The number of aryl methyl sites for hydroxylation is 2. The Morgan fingerprint density at radius 2 is 0.615 bits per heavy atom. The molecule has 2 nitrogen and oxygen atoms in total. The first kappa shape index (κ1) is 32.5. The molecule has 4 aromatic rings. The first-order valence-corrected chi connectivity index (χ1v) is 13.5. The summed E-state index contributed by atoms with van der Waals surface area (Å²) in [5, 5.41) is 0. The Bertz CT molecular complexity index is 1290. The Labute approximate surface area is 264 Å². The topological polar surface area (TPSA) is 18.5 Å². The molecule has 0 saturated carbocycles. The zero-order valence-electron chi connectivity index (χ0n) is 22.0. The number of ether oxygens (including phenoxy) is 2. The van der Waals surface area contributed by atoms with Crippen LogP contribution in [0.15, 0.2) is 97.1 Å². The third-order valence-electron chi connectivity index (χ3n) is 5.74. The fourth-order valence-electron chi connectivity index (χ4n) is 3.42. The van der Waals surface area contributed by atoms with Crippen LogP contribution in [0.2, 0.25) is 0 Å². The number of hydrogen-bond donors (Lipinski definition) is 0. The van der Waals surface area contributed by atoms with E-state index < -0.39 is 0 Å². The average molecular weight is 632 g/mol. The summed E-state index contributed by atoms with van der Waals surface area (Å²) in [5.41, 5.74) is 6.32. The van der Waals surface area contributed by atoms with Gasteiger partial charge in [-0.3, -0.25) is 0 Å². The van der Waals surface area contributed by atoms with Crippen molar-refractivity contribution in [3.8, 4) is 11.5 Å². The van der Waals surface area contributed by atoms with Gasteiger partial charge in [-0.1, -0.05) is 83.9 Å². The maximum absolute atomic E-state index is 5.46. The predicted octanol–water partition coefficient (Wildman–Crippen LogP) is 7.84. The van der Waals surface area contributed by atoms with Gasteiger partial charge < -0.3 is 60.0 Å². The van der Waals surface area contributed by atoms with Crippen LogP contribution < -0.4 is 9.47 Å². The first-order chi connectivity index (χ1) is 18.2. The van der Waals surface area contributed by atoms with Crippen molar-refractivity contribution in [2.45, 2.75) is 13.8 Å². The predicted molar refractivity (Wildman–Crippen MR) is 171 cm³/mol. The van der Waals surface area contributed by atoms with Gasteiger partial charge in [0.1, 0.15) is 11.5 Å². The van der Waals surface area contributed by atoms with Crippen molar-refractivity contribution < 1.29 is 26.0 Å². The van der Waals surface area contributed by atoms with Crippen molar-refractivity contribution in [2.75, 3.05) is 14.2 Å². The molecule has 0 heterocycles. The molecule has 0 N–H and O–H groups in total. The summed E-state index contributed by atoms with van der Waals surface area (Å²) in [5.74, 6) is 1.60. The number of benzene rings is 4. The largest absolute Gasteiger partial charge is 0.781 e. The van der Waals surface area contributed by atoms with Crippen molar-refractivity contribution in [1.82, 2.24) is 0 Å². The molecule has 0 unspecified atom stereocenters. The van der Waals surface area contributed by atoms with Gasteiger partial charge in [-0.2, -0.15) is 19.6 Å². The van der Waals surface area contributed by atoms with E-state index in [0.717, 1.165) is 43.6 Å². The van der Waals surface area contributed by atoms with Gasteiger partial charge in [0, 0.05) is 16.5 Å². The summed E-state index contributed by atoms with van der Waals surface area (Å²) in [6.45, 7) is 4.12. The van der Waals surface area contributed by atoms with E-state index in [1.807, 2.05) is 72.8 Å². The Balaban J connectivity index is 0.000000268. The Kier molecular flexibility index (Phi) is 13.2. The summed E-state index contributed by atoms with van der Waals surface area (Å²) >= 11 is 21.8. The van der Waals surface area contributed by atoms with Crippen LogP contribution in [-0.2, 0) is 67.0 Å². The summed E-state index contributed by atoms with van der Waals surface area (Å²) in [7, 11) is 3.27. The van der Waals surface area contributed by atoms with Gasteiger partial charge in [-0.15, -0.1) is 0 Å². The zero-order chi connectivity index (χ0) is 27.7. The SMILES string of the molecule is COc1ccc(/C([S-])=C(/[S-])c2ccc(OC)cc2)cc1.Cc1ccc(/C([S-])=C(/[S-])c2ccc(C)cc2)cc1.[Ni]. The second-order valence-electron chi connectivity index (χ2n) is 8.51. The second kappa shape index (κ2) is 15.8. The van der Waals surface area contributed by atoms with Gasteiger partial charge in [0.05, 0.1) is 14.2 Å². The van der Waals surface area contributed by atoms with Crippen LogP contribution in [0.3, 0.4) is 0 Å². The zero-order valence-corrected chi connectivity index (χ0v) is 26.3. The van der Waals surface area contributed by atoms with E-state index in [-0.39, 0.29) is 16.5 Å². The molecule has 0 saturated heterocycles. The van der Waals surface area contributed by atoms with Crippen LogP contribution in [0.25, 0.3) is 19.6 Å². The Hall–Kier alpha value is -2.67. The van der Waals surface area contributed by atoms with E-state index in [2.05, 4.69) is 38.1 Å². The molecular formula is C32H28NiO2S4-4. The fourth-order valence-corrected chi connectivity index (χ4v) is 4.43. The van der Waals surface area contributed by atoms with Crippen LogP contribution in [0, 0.1) is 13.8 Å². The van der Waals surface area contributed by atoms with Crippen LogP contribution in [0.4, 0.5) is 0 Å². The molecule has 0 aliphatic heterocycles. The molecule has 0 fully saturated rings. The minimum absolute atomic E-state index is 0. The third kappa shape index (κ3) is 9.20. The van der Waals surface area contributed by atoms with E-state index in [4.69, 9.17) is 60.0 Å². The van der Waals surface area contributed by atoms with Gasteiger partial charge in [0.15, 0.2) is 0 Å². The van der Waals surface area contributed by atoms with Crippen LogP contribution >= 0.6 is 0 Å². The third-order valence-corrected chi connectivity index (χ3v) is 7.76. The van der Waals surface area contributed by atoms with Crippen molar-refractivity contribution in [2.24, 2.45) is 0 Å². The molecule has 4 aromatic carbocycles. The van der Waals surface area contributed by atoms with Gasteiger partial charge in [0.2, 0.25) is 0 Å². The van der Waals surface area contributed by atoms with Gasteiger partial charge in [0.25, 0.3) is 0 Å². The quantitative estimate of drug-likeness (QED) is 0.122. The molecule has 0 aromatic heterocycles. The molecule has 0 aliphatic rings. The van der Waals surface area contributed by atoms with Gasteiger partial charge >= 0.3 is 0 Å². The Morgan fingerprint density at radius 3 is 0.821 bits per heavy atom. The van der Waals surface area contributed by atoms with E-state index in [0.29, 0.717) is 9.81 Å². The maximum Gasteiger partial charge on any atom is 0.118 e. The molecule has 0 radical (unpaired) electrons. The second-order valence-corrected chi connectivity index (χ2v) is 10.1. The smallest absolute Gasteiger partial charge is 0.118 e. The summed E-state index contributed by atoms with van der Waals surface area (Å²) in [6.07, 6.45) is 0. The van der Waals surface area contributed by atoms with Crippen LogP contribution in [-0.4, -0.2) is 14.2 Å². The van der Waals surface area contributed by atoms with E-state index in [1.165, 1.54) is 11.1 Å². The molecule has 4 rings (SSSR count). The monoisotopic (exact) mass is 630 g/mol. The van der Waals surface area contributed by atoms with Crippen molar-refractivity contribution in [3.05, 3.63) is 130 Å². The van der Waals surface area contributed by atoms with Crippen molar-refractivity contribution in [1.29, 1.82) is 0 Å². The molecule has 39 heavy (non-hydrogen) atoms. The van der Waals surface area contributed by atoms with E-state index >= 15 is 0 Å². The maximum atomic E-state index is 5.46. The molecule has 0 amide bonds. The molecular weight excluding hydrogens is 603 g/mol. The standard InChI is InChI=1S/C16H16O2S2.C16H16S2.Ni/c1-17-13-7-3-11(4-8-13)15(19)16(20)12-5-9-14(18-2)10-6-12;1-11-3-7-13(8-4-11)15(17)16(18)14-9-5-12(2)6-10-14;/h3-10,19-20H,1-2H3;3-10,17-18H,1-2H3;/p-4/b2*16-15-;. The minimum Gasteiger partial charge on any atom is -0.781 e. The molecule has 7 heteroatoms. The van der Waals surface area contributed by atoms with Crippen molar-refractivity contribution in [3.63, 3.8) is 0 Å². The van der Waals surface area contributed by atoms with Gasteiger partial charge in [-0.05, 0) is 60.4 Å². The summed E-state index contributed by atoms with van der Waals surface area (Å²) in [4.78, 5) is 2.81. The van der Waals surface area contributed by atoms with E-state index in [1.54, 1.807) is 14.2 Å². The minimum atomic E-state index is 0. The molecule has 0 bridgehead atoms. The van der Waals surface area contributed by atoms with E-state index in [9.17, 15) is 0 Å². The summed E-state index contributed by atoms with van der Waals surface area (Å²) in [6, 6.07) is 31.5.